The number of pyridine rings is 1. The molecule has 1 fully saturated rings. The van der Waals surface area contributed by atoms with E-state index in [0.29, 0.717) is 11.5 Å². The van der Waals surface area contributed by atoms with E-state index in [2.05, 4.69) is 48.4 Å². The fourth-order valence-corrected chi connectivity index (χ4v) is 4.01. The summed E-state index contributed by atoms with van der Waals surface area (Å²) in [5.41, 5.74) is 2.64. The Bertz CT molecular complexity index is 580. The maximum absolute atomic E-state index is 4.51. The number of anilines is 1. The molecule has 100 valence electrons. The fraction of sp³-hybridized carbons (Fsp3) is 0.438. The molecule has 19 heavy (non-hydrogen) atoms. The maximum atomic E-state index is 4.51. The Morgan fingerprint density at radius 3 is 3.00 bits per heavy atom. The maximum Gasteiger partial charge on any atom is 0.0703 e. The first kappa shape index (κ1) is 12.8. The van der Waals surface area contributed by atoms with Crippen molar-refractivity contribution in [2.24, 2.45) is 5.41 Å². The third kappa shape index (κ3) is 3.03. The first-order valence-corrected chi connectivity index (χ1v) is 7.97. The molecule has 3 rings (SSSR count). The topological polar surface area (TPSA) is 24.9 Å². The van der Waals surface area contributed by atoms with Gasteiger partial charge in [0.1, 0.15) is 0 Å². The second-order valence-corrected chi connectivity index (χ2v) is 7.17. The van der Waals surface area contributed by atoms with Crippen molar-refractivity contribution in [1.82, 2.24) is 4.98 Å². The minimum atomic E-state index is 0.435. The number of hydrogen-bond donors (Lipinski definition) is 1. The second kappa shape index (κ2) is 5.04. The molecule has 2 aromatic rings. The molecule has 1 N–H and O–H groups in total. The molecular formula is C16H20N2S. The van der Waals surface area contributed by atoms with Gasteiger partial charge in [-0.2, -0.15) is 11.8 Å². The highest BCUT2D eigenvalue weighted by Crippen LogP contribution is 2.34. The van der Waals surface area contributed by atoms with Crippen LogP contribution in [-0.4, -0.2) is 22.5 Å². The lowest BCUT2D eigenvalue weighted by Crippen LogP contribution is -2.35. The largest absolute Gasteiger partial charge is 0.380 e. The molecule has 1 unspecified atom stereocenters. The second-order valence-electron chi connectivity index (χ2n) is 6.14. The molecule has 1 atom stereocenters. The SMILES string of the molecule is CC1(C)CSCC(Nc2cnc3ccccc3c2)C1. The van der Waals surface area contributed by atoms with Gasteiger partial charge in [-0.15, -0.1) is 0 Å². The summed E-state index contributed by atoms with van der Waals surface area (Å²) in [5.74, 6) is 2.46. The molecule has 0 radical (unpaired) electrons. The number of aromatic nitrogens is 1. The normalized spacial score (nSPS) is 22.3. The van der Waals surface area contributed by atoms with Gasteiger partial charge in [-0.1, -0.05) is 32.0 Å². The molecule has 0 amide bonds. The third-order valence-corrected chi connectivity index (χ3v) is 5.20. The van der Waals surface area contributed by atoms with Crippen molar-refractivity contribution >= 4 is 28.4 Å². The van der Waals surface area contributed by atoms with Crippen LogP contribution in [0.15, 0.2) is 36.5 Å². The summed E-state index contributed by atoms with van der Waals surface area (Å²) in [4.78, 5) is 4.51. The minimum Gasteiger partial charge on any atom is -0.380 e. The lowest BCUT2D eigenvalue weighted by atomic mass is 9.88. The number of fused-ring (bicyclic) bond motifs is 1. The van der Waals surface area contributed by atoms with Crippen molar-refractivity contribution in [1.29, 1.82) is 0 Å². The average Bonchev–Trinajstić information content (AvgIpc) is 2.37. The van der Waals surface area contributed by atoms with Gasteiger partial charge in [0.05, 0.1) is 17.4 Å². The average molecular weight is 272 g/mol. The summed E-state index contributed by atoms with van der Waals surface area (Å²) in [5, 5.41) is 4.85. The molecule has 1 aromatic heterocycles. The molecule has 1 aliphatic rings. The summed E-state index contributed by atoms with van der Waals surface area (Å²) in [7, 11) is 0. The number of nitrogens with zero attached hydrogens (tertiary/aromatic N) is 1. The Hall–Kier alpha value is -1.22. The van der Waals surface area contributed by atoms with Crippen LogP contribution in [0.4, 0.5) is 5.69 Å². The van der Waals surface area contributed by atoms with E-state index in [0.717, 1.165) is 11.2 Å². The van der Waals surface area contributed by atoms with Crippen molar-refractivity contribution < 1.29 is 0 Å². The van der Waals surface area contributed by atoms with E-state index >= 15 is 0 Å². The summed E-state index contributed by atoms with van der Waals surface area (Å²) >= 11 is 2.05. The number of benzene rings is 1. The van der Waals surface area contributed by atoms with Gasteiger partial charge in [0.15, 0.2) is 0 Å². The summed E-state index contributed by atoms with van der Waals surface area (Å²) in [6, 6.07) is 11.0. The highest BCUT2D eigenvalue weighted by atomic mass is 32.2. The molecule has 1 saturated heterocycles. The van der Waals surface area contributed by atoms with Crippen molar-refractivity contribution in [3.05, 3.63) is 36.5 Å². The zero-order valence-electron chi connectivity index (χ0n) is 11.5. The van der Waals surface area contributed by atoms with E-state index in [1.165, 1.54) is 23.3 Å². The van der Waals surface area contributed by atoms with Crippen molar-refractivity contribution in [2.45, 2.75) is 26.3 Å². The number of hydrogen-bond acceptors (Lipinski definition) is 3. The van der Waals surface area contributed by atoms with Gasteiger partial charge >= 0.3 is 0 Å². The van der Waals surface area contributed by atoms with E-state index in [4.69, 9.17) is 0 Å². The Balaban J connectivity index is 1.77. The van der Waals surface area contributed by atoms with Crippen LogP contribution in [0.5, 0.6) is 0 Å². The van der Waals surface area contributed by atoms with Gasteiger partial charge in [0.2, 0.25) is 0 Å². The predicted molar refractivity (Wildman–Crippen MR) is 84.9 cm³/mol. The zero-order chi connectivity index (χ0) is 13.3. The van der Waals surface area contributed by atoms with Crippen molar-refractivity contribution in [3.63, 3.8) is 0 Å². The van der Waals surface area contributed by atoms with Gasteiger partial charge in [-0.05, 0) is 29.7 Å². The van der Waals surface area contributed by atoms with Crippen LogP contribution < -0.4 is 5.32 Å². The smallest absolute Gasteiger partial charge is 0.0703 e. The van der Waals surface area contributed by atoms with E-state index < -0.39 is 0 Å². The first-order valence-electron chi connectivity index (χ1n) is 6.81. The summed E-state index contributed by atoms with van der Waals surface area (Å²) in [6.07, 6.45) is 3.18. The minimum absolute atomic E-state index is 0.435. The summed E-state index contributed by atoms with van der Waals surface area (Å²) in [6.45, 7) is 4.71. The quantitative estimate of drug-likeness (QED) is 0.888. The van der Waals surface area contributed by atoms with Crippen LogP contribution in [0, 0.1) is 5.41 Å². The molecular weight excluding hydrogens is 252 g/mol. The van der Waals surface area contributed by atoms with Crippen LogP contribution in [0.2, 0.25) is 0 Å². The van der Waals surface area contributed by atoms with Crippen LogP contribution in [0.1, 0.15) is 20.3 Å². The summed E-state index contributed by atoms with van der Waals surface area (Å²) < 4.78 is 0. The molecule has 1 aliphatic heterocycles. The first-order chi connectivity index (χ1) is 9.12. The number of rotatable bonds is 2. The molecule has 1 aromatic carbocycles. The zero-order valence-corrected chi connectivity index (χ0v) is 12.3. The van der Waals surface area contributed by atoms with E-state index in [1.807, 2.05) is 24.0 Å². The van der Waals surface area contributed by atoms with Crippen LogP contribution >= 0.6 is 11.8 Å². The van der Waals surface area contributed by atoms with Gasteiger partial charge < -0.3 is 5.32 Å². The highest BCUT2D eigenvalue weighted by Gasteiger charge is 2.28. The Kier molecular flexibility index (Phi) is 3.40. The Labute approximate surface area is 119 Å². The standard InChI is InChI=1S/C16H20N2S/c1-16(2)8-14(10-19-11-16)18-13-7-12-5-3-4-6-15(12)17-9-13/h3-7,9,14,18H,8,10-11H2,1-2H3. The lowest BCUT2D eigenvalue weighted by molar-refractivity contribution is 0.358. The molecule has 0 aliphatic carbocycles. The van der Waals surface area contributed by atoms with E-state index in [1.54, 1.807) is 0 Å². The Morgan fingerprint density at radius 1 is 1.32 bits per heavy atom. The molecule has 2 nitrogen and oxygen atoms in total. The number of nitrogens with one attached hydrogen (secondary N) is 1. The van der Waals surface area contributed by atoms with E-state index in [-0.39, 0.29) is 0 Å². The lowest BCUT2D eigenvalue weighted by Gasteiger charge is -2.35. The fourth-order valence-electron chi connectivity index (χ4n) is 2.74. The monoisotopic (exact) mass is 272 g/mol. The Morgan fingerprint density at radius 2 is 2.16 bits per heavy atom. The van der Waals surface area contributed by atoms with Crippen LogP contribution in [-0.2, 0) is 0 Å². The van der Waals surface area contributed by atoms with Crippen molar-refractivity contribution in [2.75, 3.05) is 16.8 Å². The number of thioether (sulfide) groups is 1. The molecule has 0 bridgehead atoms. The van der Waals surface area contributed by atoms with Crippen LogP contribution in [0.3, 0.4) is 0 Å². The molecule has 0 spiro atoms. The molecule has 0 saturated carbocycles. The predicted octanol–water partition coefficient (Wildman–Crippen LogP) is 4.18. The van der Waals surface area contributed by atoms with Crippen LogP contribution in [0.25, 0.3) is 10.9 Å². The van der Waals surface area contributed by atoms with Gasteiger partial charge in [-0.25, -0.2) is 0 Å². The van der Waals surface area contributed by atoms with Gasteiger partial charge in [-0.3, -0.25) is 4.98 Å². The molecule has 2 heterocycles. The van der Waals surface area contributed by atoms with Crippen molar-refractivity contribution in [3.8, 4) is 0 Å². The highest BCUT2D eigenvalue weighted by molar-refractivity contribution is 7.99. The van der Waals surface area contributed by atoms with Gasteiger partial charge in [0, 0.05) is 17.2 Å². The van der Waals surface area contributed by atoms with Gasteiger partial charge in [0.25, 0.3) is 0 Å². The van der Waals surface area contributed by atoms with E-state index in [9.17, 15) is 0 Å². The molecule has 3 heteroatoms. The third-order valence-electron chi connectivity index (χ3n) is 3.57. The number of para-hydroxylation sites is 1.